The monoisotopic (exact) mass is 440 g/mol. The van der Waals surface area contributed by atoms with E-state index in [0.29, 0.717) is 0 Å². The topological polar surface area (TPSA) is 103 Å². The minimum absolute atomic E-state index is 0.00689. The van der Waals surface area contributed by atoms with E-state index in [1.807, 2.05) is 0 Å². The molecule has 0 heterocycles. The van der Waals surface area contributed by atoms with Gasteiger partial charge in [-0.05, 0) is 19.4 Å². The summed E-state index contributed by atoms with van der Waals surface area (Å²) in [5.41, 5.74) is 0.742. The number of ether oxygens (including phenoxy) is 2. The number of alkyl carbamates (subject to hydrolysis) is 1. The molecule has 0 radical (unpaired) electrons. The van der Waals surface area contributed by atoms with Crippen molar-refractivity contribution in [1.29, 1.82) is 0 Å². The Hall–Kier alpha value is -2.10. The van der Waals surface area contributed by atoms with E-state index in [1.54, 1.807) is 37.3 Å². The molecule has 0 aromatic heterocycles. The van der Waals surface area contributed by atoms with Gasteiger partial charge < -0.3 is 19.3 Å². The molecule has 0 aliphatic rings. The van der Waals surface area contributed by atoms with Gasteiger partial charge in [-0.25, -0.2) is 9.88 Å². The van der Waals surface area contributed by atoms with Crippen LogP contribution >= 0.6 is 7.52 Å². The SMILES string of the molecule is CCOC(=O)C(C)NP(=O)(CCNC(=O)OCc1ccccc1)OCC(F)(F)F. The molecule has 1 amide bonds. The van der Waals surface area contributed by atoms with E-state index in [4.69, 9.17) is 9.47 Å². The minimum atomic E-state index is -4.72. The fraction of sp³-hybridized carbons (Fsp3) is 0.529. The molecule has 0 saturated heterocycles. The molecule has 2 N–H and O–H groups in total. The molecule has 1 rings (SSSR count). The summed E-state index contributed by atoms with van der Waals surface area (Å²) in [6.07, 6.45) is -6.05. The van der Waals surface area contributed by atoms with Crippen LogP contribution in [0.25, 0.3) is 0 Å². The Morgan fingerprint density at radius 1 is 1.17 bits per heavy atom. The zero-order valence-corrected chi connectivity index (χ0v) is 16.9. The van der Waals surface area contributed by atoms with Crippen LogP contribution in [0, 0.1) is 0 Å². The number of nitrogens with one attached hydrogen (secondary N) is 2. The summed E-state index contributed by atoms with van der Waals surface area (Å²) in [7, 11) is -4.12. The number of amides is 1. The second-order valence-corrected chi connectivity index (χ2v) is 8.19. The third kappa shape index (κ3) is 10.9. The fourth-order valence-corrected chi connectivity index (χ4v) is 3.83. The van der Waals surface area contributed by atoms with Crippen molar-refractivity contribution in [2.75, 3.05) is 25.9 Å². The second-order valence-electron chi connectivity index (χ2n) is 5.88. The van der Waals surface area contributed by atoms with Gasteiger partial charge in [0.2, 0.25) is 0 Å². The van der Waals surface area contributed by atoms with Gasteiger partial charge in [0.15, 0.2) is 6.61 Å². The van der Waals surface area contributed by atoms with Crippen LogP contribution in [0.2, 0.25) is 0 Å². The number of benzene rings is 1. The van der Waals surface area contributed by atoms with Crippen molar-refractivity contribution < 1.29 is 41.3 Å². The van der Waals surface area contributed by atoms with Gasteiger partial charge in [0.25, 0.3) is 7.52 Å². The molecule has 12 heteroatoms. The predicted molar refractivity (Wildman–Crippen MR) is 98.3 cm³/mol. The first-order chi connectivity index (χ1) is 13.5. The lowest BCUT2D eigenvalue weighted by molar-refractivity contribution is -0.153. The highest BCUT2D eigenvalue weighted by Crippen LogP contribution is 2.43. The number of hydrogen-bond donors (Lipinski definition) is 2. The van der Waals surface area contributed by atoms with Crippen molar-refractivity contribution >= 4 is 19.6 Å². The molecule has 29 heavy (non-hydrogen) atoms. The van der Waals surface area contributed by atoms with Crippen LogP contribution in [-0.2, 0) is 30.0 Å². The Labute approximate surface area is 166 Å². The molecule has 0 aliphatic heterocycles. The Morgan fingerprint density at radius 3 is 2.41 bits per heavy atom. The Bertz CT molecular complexity index is 702. The molecule has 1 aromatic carbocycles. The van der Waals surface area contributed by atoms with Crippen LogP contribution in [0.3, 0.4) is 0 Å². The van der Waals surface area contributed by atoms with Crippen LogP contribution in [0.5, 0.6) is 0 Å². The van der Waals surface area contributed by atoms with Crippen molar-refractivity contribution in [3.05, 3.63) is 35.9 Å². The highest BCUT2D eigenvalue weighted by molar-refractivity contribution is 7.56. The van der Waals surface area contributed by atoms with E-state index in [2.05, 4.69) is 14.9 Å². The maximum Gasteiger partial charge on any atom is 0.412 e. The largest absolute Gasteiger partial charge is 0.465 e. The quantitative estimate of drug-likeness (QED) is 0.402. The predicted octanol–water partition coefficient (Wildman–Crippen LogP) is 3.23. The summed E-state index contributed by atoms with van der Waals surface area (Å²) in [6, 6.07) is 7.65. The summed E-state index contributed by atoms with van der Waals surface area (Å²) in [4.78, 5) is 23.3. The number of alkyl halides is 3. The lowest BCUT2D eigenvalue weighted by Gasteiger charge is -2.23. The lowest BCUT2D eigenvalue weighted by Crippen LogP contribution is -2.37. The van der Waals surface area contributed by atoms with E-state index < -0.39 is 44.6 Å². The van der Waals surface area contributed by atoms with E-state index in [-0.39, 0.29) is 19.8 Å². The Morgan fingerprint density at radius 2 is 1.83 bits per heavy atom. The Balaban J connectivity index is 2.57. The van der Waals surface area contributed by atoms with Crippen LogP contribution < -0.4 is 10.4 Å². The number of hydrogen-bond acceptors (Lipinski definition) is 6. The fourth-order valence-electron chi connectivity index (χ4n) is 2.04. The van der Waals surface area contributed by atoms with E-state index in [1.165, 1.54) is 6.92 Å². The molecule has 0 saturated carbocycles. The maximum absolute atomic E-state index is 12.7. The van der Waals surface area contributed by atoms with Gasteiger partial charge in [0.05, 0.1) is 12.8 Å². The van der Waals surface area contributed by atoms with Crippen LogP contribution in [-0.4, -0.2) is 50.2 Å². The van der Waals surface area contributed by atoms with Gasteiger partial charge in [-0.3, -0.25) is 9.36 Å². The molecule has 0 spiro atoms. The molecule has 2 unspecified atom stereocenters. The number of halogens is 3. The van der Waals surface area contributed by atoms with Gasteiger partial charge in [-0.2, -0.15) is 13.2 Å². The average Bonchev–Trinajstić information content (AvgIpc) is 2.65. The highest BCUT2D eigenvalue weighted by Gasteiger charge is 2.35. The summed E-state index contributed by atoms with van der Waals surface area (Å²) in [5, 5.41) is 4.53. The molecule has 0 fully saturated rings. The summed E-state index contributed by atoms with van der Waals surface area (Å²) >= 11 is 0. The zero-order chi connectivity index (χ0) is 21.9. The summed E-state index contributed by atoms with van der Waals surface area (Å²) in [6.45, 7) is 0.801. The van der Waals surface area contributed by atoms with Crippen molar-refractivity contribution in [3.8, 4) is 0 Å². The molecule has 1 aromatic rings. The van der Waals surface area contributed by atoms with Crippen LogP contribution in [0.1, 0.15) is 19.4 Å². The normalized spacial score (nSPS) is 14.5. The van der Waals surface area contributed by atoms with Crippen molar-refractivity contribution in [1.82, 2.24) is 10.4 Å². The third-order valence-electron chi connectivity index (χ3n) is 3.36. The number of esters is 1. The summed E-state index contributed by atoms with van der Waals surface area (Å²) < 4.78 is 64.3. The van der Waals surface area contributed by atoms with Crippen molar-refractivity contribution in [2.24, 2.45) is 0 Å². The van der Waals surface area contributed by atoms with E-state index in [0.717, 1.165) is 5.56 Å². The smallest absolute Gasteiger partial charge is 0.412 e. The number of carbonyl (C=O) groups is 2. The standard InChI is InChI=1S/C17H24F3N2O6P/c1-3-26-15(23)13(2)22-29(25,28-12-17(18,19)20)10-9-21-16(24)27-11-14-7-5-4-6-8-14/h4-8,13H,3,9-12H2,1-2H3,(H,21,24)(H,22,25). The lowest BCUT2D eigenvalue weighted by atomic mass is 10.2. The molecule has 0 aliphatic carbocycles. The van der Waals surface area contributed by atoms with Crippen molar-refractivity contribution in [3.63, 3.8) is 0 Å². The first-order valence-corrected chi connectivity index (χ1v) is 10.5. The molecular formula is C17H24F3N2O6P. The van der Waals surface area contributed by atoms with Gasteiger partial charge >= 0.3 is 18.2 Å². The van der Waals surface area contributed by atoms with Gasteiger partial charge in [-0.15, -0.1) is 0 Å². The average molecular weight is 440 g/mol. The van der Waals surface area contributed by atoms with Gasteiger partial charge in [0.1, 0.15) is 12.6 Å². The molecule has 8 nitrogen and oxygen atoms in total. The molecule has 0 bridgehead atoms. The van der Waals surface area contributed by atoms with Crippen LogP contribution in [0.15, 0.2) is 30.3 Å². The molecular weight excluding hydrogens is 416 g/mol. The highest BCUT2D eigenvalue weighted by atomic mass is 31.2. The Kier molecular flexibility index (Phi) is 10.1. The molecule has 2 atom stereocenters. The zero-order valence-electron chi connectivity index (χ0n) is 16.0. The minimum Gasteiger partial charge on any atom is -0.465 e. The van der Waals surface area contributed by atoms with Gasteiger partial charge in [-0.1, -0.05) is 30.3 Å². The van der Waals surface area contributed by atoms with E-state index >= 15 is 0 Å². The van der Waals surface area contributed by atoms with Crippen molar-refractivity contribution in [2.45, 2.75) is 32.7 Å². The third-order valence-corrected chi connectivity index (χ3v) is 5.49. The van der Waals surface area contributed by atoms with Crippen LogP contribution in [0.4, 0.5) is 18.0 Å². The first kappa shape index (κ1) is 24.9. The van der Waals surface area contributed by atoms with Gasteiger partial charge in [0, 0.05) is 6.54 Å². The number of rotatable bonds is 11. The second kappa shape index (κ2) is 11.8. The maximum atomic E-state index is 12.7. The summed E-state index contributed by atoms with van der Waals surface area (Å²) in [5.74, 6) is -0.793. The van der Waals surface area contributed by atoms with E-state index in [9.17, 15) is 27.3 Å². The first-order valence-electron chi connectivity index (χ1n) is 8.74. The number of carbonyl (C=O) groups excluding carboxylic acids is 2. The molecule has 164 valence electrons.